The van der Waals surface area contributed by atoms with Gasteiger partial charge in [-0.05, 0) is 110 Å². The molecule has 292 valence electrons. The van der Waals surface area contributed by atoms with E-state index < -0.39 is 0 Å². The zero-order chi connectivity index (χ0) is 37.1. The molecule has 5 aromatic rings. The number of carbonyl (C=O) groups excluding carboxylic acids is 1. The summed E-state index contributed by atoms with van der Waals surface area (Å²) in [5.74, 6) is 1.12. The Morgan fingerprint density at radius 3 is 2.09 bits per heavy atom. The number of amides is 1. The first-order valence-electron chi connectivity index (χ1n) is 19.0. The molecule has 1 unspecified atom stereocenters. The number of halogens is 3. The molecule has 0 spiro atoms. The number of aromatic nitrogens is 1. The number of carbonyl (C=O) groups is 1. The predicted octanol–water partition coefficient (Wildman–Crippen LogP) is 10.0. The van der Waals surface area contributed by atoms with Crippen molar-refractivity contribution in [2.75, 3.05) is 27.3 Å². The Kier molecular flexibility index (Phi) is 16.1. The van der Waals surface area contributed by atoms with Crippen molar-refractivity contribution in [1.29, 1.82) is 0 Å². The SMILES string of the molecule is COc1cc2cc(C3(CN)C=CCCC3)nc(CCCC(CCCNC(=O)CCc3ccc(F)cc3)(c3ccccc3)c3ccccc3)c2cc1OC.Cl.Cl. The lowest BCUT2D eigenvalue weighted by Gasteiger charge is -2.36. The molecule has 1 amide bonds. The summed E-state index contributed by atoms with van der Waals surface area (Å²) in [7, 11) is 3.34. The molecule has 0 saturated heterocycles. The molecule has 4 aromatic carbocycles. The highest BCUT2D eigenvalue weighted by molar-refractivity contribution is 5.88. The second-order valence-corrected chi connectivity index (χ2v) is 14.3. The number of aryl methyl sites for hydroxylation is 2. The van der Waals surface area contributed by atoms with Gasteiger partial charge in [-0.1, -0.05) is 84.9 Å². The van der Waals surface area contributed by atoms with Gasteiger partial charge in [0.05, 0.1) is 19.9 Å². The van der Waals surface area contributed by atoms with Gasteiger partial charge in [0.2, 0.25) is 5.91 Å². The summed E-state index contributed by atoms with van der Waals surface area (Å²) in [6, 6.07) is 34.2. The molecule has 1 aliphatic rings. The van der Waals surface area contributed by atoms with Crippen LogP contribution in [0.5, 0.6) is 11.5 Å². The van der Waals surface area contributed by atoms with Crippen LogP contribution in [0.25, 0.3) is 10.8 Å². The van der Waals surface area contributed by atoms with Crippen LogP contribution in [0.4, 0.5) is 4.39 Å². The minimum Gasteiger partial charge on any atom is -0.493 e. The lowest BCUT2D eigenvalue weighted by molar-refractivity contribution is -0.121. The number of pyridine rings is 1. The molecule has 55 heavy (non-hydrogen) atoms. The molecule has 3 N–H and O–H groups in total. The van der Waals surface area contributed by atoms with E-state index in [0.29, 0.717) is 37.4 Å². The maximum Gasteiger partial charge on any atom is 0.220 e. The van der Waals surface area contributed by atoms with E-state index in [4.69, 9.17) is 20.2 Å². The number of fused-ring (bicyclic) bond motifs is 1. The number of nitrogens with zero attached hydrogens (tertiary/aromatic N) is 1. The van der Waals surface area contributed by atoms with Crippen molar-refractivity contribution in [2.24, 2.45) is 5.73 Å². The van der Waals surface area contributed by atoms with Gasteiger partial charge in [-0.2, -0.15) is 0 Å². The number of hydrogen-bond acceptors (Lipinski definition) is 5. The highest BCUT2D eigenvalue weighted by atomic mass is 35.5. The molecule has 0 fully saturated rings. The summed E-state index contributed by atoms with van der Waals surface area (Å²) in [5, 5.41) is 5.28. The first-order valence-corrected chi connectivity index (χ1v) is 19.0. The predicted molar refractivity (Wildman–Crippen MR) is 227 cm³/mol. The van der Waals surface area contributed by atoms with Crippen LogP contribution >= 0.6 is 24.8 Å². The molecule has 0 aliphatic heterocycles. The van der Waals surface area contributed by atoms with E-state index in [2.05, 4.69) is 96.3 Å². The van der Waals surface area contributed by atoms with Gasteiger partial charge in [0, 0.05) is 41.4 Å². The minimum atomic E-state index is -0.296. The second-order valence-electron chi connectivity index (χ2n) is 14.3. The van der Waals surface area contributed by atoms with E-state index in [9.17, 15) is 9.18 Å². The van der Waals surface area contributed by atoms with Crippen LogP contribution in [0.1, 0.15) is 79.4 Å². The van der Waals surface area contributed by atoms with Crippen LogP contribution in [-0.2, 0) is 28.5 Å². The van der Waals surface area contributed by atoms with Crippen LogP contribution in [0.3, 0.4) is 0 Å². The molecule has 0 radical (unpaired) electrons. The van der Waals surface area contributed by atoms with E-state index in [1.54, 1.807) is 26.4 Å². The van der Waals surface area contributed by atoms with Crippen molar-refractivity contribution < 1.29 is 18.7 Å². The second kappa shape index (κ2) is 20.5. The number of benzene rings is 4. The molecular weight excluding hydrogens is 732 g/mol. The Bertz CT molecular complexity index is 1950. The molecule has 9 heteroatoms. The van der Waals surface area contributed by atoms with Gasteiger partial charge in [-0.25, -0.2) is 4.39 Å². The van der Waals surface area contributed by atoms with Crippen LogP contribution in [0.2, 0.25) is 0 Å². The fourth-order valence-electron chi connectivity index (χ4n) is 8.07. The summed E-state index contributed by atoms with van der Waals surface area (Å²) in [6.07, 6.45) is 12.8. The van der Waals surface area contributed by atoms with E-state index in [0.717, 1.165) is 79.1 Å². The van der Waals surface area contributed by atoms with Crippen molar-refractivity contribution in [3.63, 3.8) is 0 Å². The number of methoxy groups -OCH3 is 2. The van der Waals surface area contributed by atoms with Crippen LogP contribution in [0.15, 0.2) is 115 Å². The number of ether oxygens (including phenoxy) is 2. The highest BCUT2D eigenvalue weighted by Gasteiger charge is 2.34. The first-order chi connectivity index (χ1) is 25.9. The third kappa shape index (κ3) is 10.3. The van der Waals surface area contributed by atoms with Crippen LogP contribution in [0, 0.1) is 5.82 Å². The lowest BCUT2D eigenvalue weighted by Crippen LogP contribution is -2.35. The van der Waals surface area contributed by atoms with Gasteiger partial charge in [-0.15, -0.1) is 24.8 Å². The van der Waals surface area contributed by atoms with E-state index in [1.807, 2.05) is 0 Å². The quantitative estimate of drug-likeness (QED) is 0.0724. The van der Waals surface area contributed by atoms with E-state index in [1.165, 1.54) is 23.3 Å². The standard InChI is InChI=1S/C46H52FN3O3.2ClH/c1-52-41-30-35-31-43(45(33-48)25-10-5-11-26-45)50-40(39(35)32-42(41)53-2)18-12-27-46(36-14-6-3-7-15-36,37-16-8-4-9-17-37)28-13-29-49-44(51)24-21-34-19-22-38(47)23-20-34;;/h3-4,6-10,14-17,19-20,22-23,25,30-32H,5,11-13,18,21,24,26-29,33,48H2,1-2H3,(H,49,51);2*1H. The first kappa shape index (κ1) is 43.3. The topological polar surface area (TPSA) is 86.5 Å². The Morgan fingerprint density at radius 2 is 1.49 bits per heavy atom. The number of nitrogens with one attached hydrogen (secondary N) is 1. The van der Waals surface area contributed by atoms with Gasteiger partial charge in [0.15, 0.2) is 11.5 Å². The third-order valence-electron chi connectivity index (χ3n) is 11.0. The Morgan fingerprint density at radius 1 is 0.855 bits per heavy atom. The summed E-state index contributed by atoms with van der Waals surface area (Å²) < 4.78 is 24.8. The average Bonchev–Trinajstić information content (AvgIpc) is 3.21. The maximum absolute atomic E-state index is 13.3. The zero-order valence-corrected chi connectivity index (χ0v) is 33.5. The van der Waals surface area contributed by atoms with Crippen LogP contribution < -0.4 is 20.5 Å². The van der Waals surface area contributed by atoms with E-state index in [-0.39, 0.29) is 47.4 Å². The molecule has 0 bridgehead atoms. The summed E-state index contributed by atoms with van der Waals surface area (Å²) in [5.41, 5.74) is 11.5. The number of allylic oxidation sites excluding steroid dienone is 1. The fraction of sp³-hybridized carbons (Fsp3) is 0.348. The van der Waals surface area contributed by atoms with Gasteiger partial charge in [0.1, 0.15) is 5.82 Å². The van der Waals surface area contributed by atoms with Gasteiger partial charge in [0.25, 0.3) is 0 Å². The lowest BCUT2D eigenvalue weighted by atomic mass is 9.68. The third-order valence-corrected chi connectivity index (χ3v) is 11.0. The van der Waals surface area contributed by atoms with Gasteiger partial charge in [-0.3, -0.25) is 9.78 Å². The smallest absolute Gasteiger partial charge is 0.220 e. The molecule has 1 aliphatic carbocycles. The fourth-order valence-corrected chi connectivity index (χ4v) is 8.07. The average molecular weight is 787 g/mol. The Labute approximate surface area is 337 Å². The van der Waals surface area contributed by atoms with Gasteiger partial charge < -0.3 is 20.5 Å². The van der Waals surface area contributed by atoms with Crippen LogP contribution in [-0.4, -0.2) is 38.2 Å². The van der Waals surface area contributed by atoms with Crippen molar-refractivity contribution in [3.05, 3.63) is 149 Å². The Hall–Kier alpha value is -4.43. The molecule has 6 rings (SSSR count). The molecule has 6 nitrogen and oxygen atoms in total. The molecule has 0 saturated carbocycles. The maximum atomic E-state index is 13.3. The number of hydrogen-bond donors (Lipinski definition) is 2. The molecular formula is C46H54Cl2FN3O3. The van der Waals surface area contributed by atoms with Crippen molar-refractivity contribution in [1.82, 2.24) is 10.3 Å². The number of nitrogens with two attached hydrogens (primary N) is 1. The number of rotatable bonds is 17. The Balaban J connectivity index is 0.00000336. The van der Waals surface area contributed by atoms with Gasteiger partial charge >= 0.3 is 0 Å². The molecule has 1 aromatic heterocycles. The summed E-state index contributed by atoms with van der Waals surface area (Å²) in [4.78, 5) is 18.2. The van der Waals surface area contributed by atoms with Crippen molar-refractivity contribution in [3.8, 4) is 11.5 Å². The normalized spacial score (nSPS) is 15.1. The molecule has 1 atom stereocenters. The zero-order valence-electron chi connectivity index (χ0n) is 31.9. The minimum absolute atomic E-state index is 0. The largest absolute Gasteiger partial charge is 0.493 e. The van der Waals surface area contributed by atoms with E-state index >= 15 is 0 Å². The monoisotopic (exact) mass is 785 g/mol. The highest BCUT2D eigenvalue weighted by Crippen LogP contribution is 2.43. The summed E-state index contributed by atoms with van der Waals surface area (Å²) >= 11 is 0. The van der Waals surface area contributed by atoms with Crippen molar-refractivity contribution in [2.45, 2.75) is 75.0 Å². The summed E-state index contributed by atoms with van der Waals surface area (Å²) in [6.45, 7) is 1.08. The van der Waals surface area contributed by atoms with Crippen molar-refractivity contribution >= 4 is 41.5 Å². The molecule has 1 heterocycles.